The van der Waals surface area contributed by atoms with Gasteiger partial charge < -0.3 is 9.88 Å². The van der Waals surface area contributed by atoms with Gasteiger partial charge >= 0.3 is 0 Å². The minimum atomic E-state index is -0.0866. The van der Waals surface area contributed by atoms with E-state index < -0.39 is 0 Å². The third kappa shape index (κ3) is 4.29. The number of para-hydroxylation sites is 2. The molecule has 0 saturated carbocycles. The molecule has 3 aromatic rings. The van der Waals surface area contributed by atoms with Crippen LogP contribution in [0.1, 0.15) is 11.4 Å². The van der Waals surface area contributed by atoms with Crippen LogP contribution in [0.15, 0.2) is 42.5 Å². The molecule has 0 saturated heterocycles. The van der Waals surface area contributed by atoms with E-state index in [1.54, 1.807) is 23.9 Å². The van der Waals surface area contributed by atoms with E-state index >= 15 is 0 Å². The fraction of sp³-hybridized carbons (Fsp3) is 0.222. The second kappa shape index (κ2) is 8.13. The number of imidazole rings is 1. The summed E-state index contributed by atoms with van der Waals surface area (Å²) >= 11 is 13.7. The number of hydrogen-bond acceptors (Lipinski definition) is 3. The number of thioether (sulfide) groups is 1. The number of nitrogens with zero attached hydrogens (tertiary/aromatic N) is 2. The molecule has 0 fully saturated rings. The Morgan fingerprint density at radius 1 is 1.24 bits per heavy atom. The molecule has 0 radical (unpaired) electrons. The van der Waals surface area contributed by atoms with Gasteiger partial charge in [0.1, 0.15) is 12.4 Å². The van der Waals surface area contributed by atoms with Crippen LogP contribution in [-0.4, -0.2) is 21.7 Å². The summed E-state index contributed by atoms with van der Waals surface area (Å²) in [5.74, 6) is 1.57. The number of halogens is 2. The molecule has 0 atom stereocenters. The third-order valence-electron chi connectivity index (χ3n) is 3.80. The van der Waals surface area contributed by atoms with Crippen molar-refractivity contribution in [3.8, 4) is 0 Å². The van der Waals surface area contributed by atoms with Crippen LogP contribution in [0.3, 0.4) is 0 Å². The van der Waals surface area contributed by atoms with Crippen LogP contribution < -0.4 is 5.32 Å². The van der Waals surface area contributed by atoms with Crippen molar-refractivity contribution in [2.24, 2.45) is 0 Å². The molecule has 0 aliphatic rings. The average Bonchev–Trinajstić information content (AvgIpc) is 2.92. The first-order valence-corrected chi connectivity index (χ1v) is 9.87. The molecule has 4 nitrogen and oxygen atoms in total. The van der Waals surface area contributed by atoms with E-state index in [0.717, 1.165) is 28.2 Å². The van der Waals surface area contributed by atoms with Crippen LogP contribution in [-0.2, 0) is 23.6 Å². The molecule has 0 bridgehead atoms. The largest absolute Gasteiger partial charge is 0.350 e. The van der Waals surface area contributed by atoms with Gasteiger partial charge in [0.05, 0.1) is 16.8 Å². The molecule has 0 aliphatic carbocycles. The molecule has 0 unspecified atom stereocenters. The van der Waals surface area contributed by atoms with Crippen LogP contribution in [0.25, 0.3) is 11.0 Å². The Morgan fingerprint density at radius 2 is 2.04 bits per heavy atom. The van der Waals surface area contributed by atoms with Gasteiger partial charge in [0.15, 0.2) is 0 Å². The van der Waals surface area contributed by atoms with Gasteiger partial charge in [-0.05, 0) is 36.1 Å². The van der Waals surface area contributed by atoms with Crippen molar-refractivity contribution in [3.63, 3.8) is 0 Å². The van der Waals surface area contributed by atoms with Gasteiger partial charge in [0, 0.05) is 16.6 Å². The molecule has 2 aromatic carbocycles. The summed E-state index contributed by atoms with van der Waals surface area (Å²) in [5, 5.41) is 4.03. The lowest BCUT2D eigenvalue weighted by molar-refractivity contribution is -0.121. The first kappa shape index (κ1) is 18.1. The Balaban J connectivity index is 1.74. The van der Waals surface area contributed by atoms with Crippen LogP contribution in [0.2, 0.25) is 10.0 Å². The average molecular weight is 394 g/mol. The minimum Gasteiger partial charge on any atom is -0.350 e. The van der Waals surface area contributed by atoms with Crippen molar-refractivity contribution in [2.45, 2.75) is 18.8 Å². The van der Waals surface area contributed by atoms with Crippen LogP contribution in [0.4, 0.5) is 0 Å². The Labute approximate surface area is 160 Å². The Hall–Kier alpha value is -1.69. The van der Waals surface area contributed by atoms with Crippen molar-refractivity contribution in [2.75, 3.05) is 6.26 Å². The molecule has 3 rings (SSSR count). The van der Waals surface area contributed by atoms with Crippen LogP contribution in [0.5, 0.6) is 0 Å². The molecule has 1 amide bonds. The van der Waals surface area contributed by atoms with Crippen molar-refractivity contribution in [1.82, 2.24) is 14.9 Å². The predicted octanol–water partition coefficient (Wildman–Crippen LogP) is 4.52. The zero-order valence-electron chi connectivity index (χ0n) is 13.6. The van der Waals surface area contributed by atoms with Crippen LogP contribution in [0, 0.1) is 0 Å². The topological polar surface area (TPSA) is 46.9 Å². The zero-order valence-corrected chi connectivity index (χ0v) is 16.0. The van der Waals surface area contributed by atoms with Crippen LogP contribution >= 0.6 is 35.0 Å². The maximum atomic E-state index is 12.4. The molecule has 25 heavy (non-hydrogen) atoms. The number of benzene rings is 2. The summed E-state index contributed by atoms with van der Waals surface area (Å²) in [4.78, 5) is 17.1. The highest BCUT2D eigenvalue weighted by molar-refractivity contribution is 7.97. The first-order chi connectivity index (χ1) is 12.1. The van der Waals surface area contributed by atoms with Gasteiger partial charge in [-0.15, -0.1) is 0 Å². The summed E-state index contributed by atoms with van der Waals surface area (Å²) in [6.07, 6.45) is 2.02. The SMILES string of the molecule is CSCc1nc2ccccc2n1CC(=O)NCc1ccc(Cl)cc1Cl. The van der Waals surface area contributed by atoms with Crippen molar-refractivity contribution in [1.29, 1.82) is 0 Å². The molecular formula is C18H17Cl2N3OS. The molecular weight excluding hydrogens is 377 g/mol. The maximum Gasteiger partial charge on any atom is 0.240 e. The van der Waals surface area contributed by atoms with E-state index in [1.165, 1.54) is 0 Å². The van der Waals surface area contributed by atoms with Gasteiger partial charge in [-0.2, -0.15) is 11.8 Å². The molecule has 7 heteroatoms. The molecule has 0 spiro atoms. The molecule has 0 aliphatic heterocycles. The maximum absolute atomic E-state index is 12.4. The highest BCUT2D eigenvalue weighted by Gasteiger charge is 2.13. The quantitative estimate of drug-likeness (QED) is 0.669. The Morgan fingerprint density at radius 3 is 2.80 bits per heavy atom. The van der Waals surface area contributed by atoms with Crippen molar-refractivity contribution >= 4 is 51.9 Å². The number of rotatable bonds is 6. The second-order valence-corrected chi connectivity index (χ2v) is 7.26. The van der Waals surface area contributed by atoms with Gasteiger partial charge in [-0.3, -0.25) is 4.79 Å². The van der Waals surface area contributed by atoms with E-state index in [2.05, 4.69) is 10.3 Å². The number of fused-ring (bicyclic) bond motifs is 1. The van der Waals surface area contributed by atoms with E-state index in [4.69, 9.17) is 23.2 Å². The number of carbonyl (C=O) groups is 1. The lowest BCUT2D eigenvalue weighted by atomic mass is 10.2. The number of hydrogen-bond donors (Lipinski definition) is 1. The summed E-state index contributed by atoms with van der Waals surface area (Å²) in [6, 6.07) is 13.1. The zero-order chi connectivity index (χ0) is 17.8. The van der Waals surface area contributed by atoms with Crippen molar-refractivity contribution in [3.05, 3.63) is 63.9 Å². The second-order valence-electron chi connectivity index (χ2n) is 5.55. The summed E-state index contributed by atoms with van der Waals surface area (Å²) < 4.78 is 1.96. The normalized spacial score (nSPS) is 11.0. The van der Waals surface area contributed by atoms with Gasteiger partial charge in [0.25, 0.3) is 0 Å². The number of amides is 1. The minimum absolute atomic E-state index is 0.0866. The Kier molecular flexibility index (Phi) is 5.89. The fourth-order valence-electron chi connectivity index (χ4n) is 2.60. The molecule has 1 aromatic heterocycles. The molecule has 1 N–H and O–H groups in total. The lowest BCUT2D eigenvalue weighted by Crippen LogP contribution is -2.27. The van der Waals surface area contributed by atoms with Gasteiger partial charge in [0.2, 0.25) is 5.91 Å². The summed E-state index contributed by atoms with van der Waals surface area (Å²) in [6.45, 7) is 0.584. The predicted molar refractivity (Wildman–Crippen MR) is 105 cm³/mol. The number of carbonyl (C=O) groups excluding carboxylic acids is 1. The Bertz CT molecular complexity index is 910. The van der Waals surface area contributed by atoms with E-state index in [-0.39, 0.29) is 12.5 Å². The van der Waals surface area contributed by atoms with Gasteiger partial charge in [-0.1, -0.05) is 41.4 Å². The highest BCUT2D eigenvalue weighted by Crippen LogP contribution is 2.21. The number of aromatic nitrogens is 2. The monoisotopic (exact) mass is 393 g/mol. The van der Waals surface area contributed by atoms with Crippen molar-refractivity contribution < 1.29 is 4.79 Å². The summed E-state index contributed by atoms with van der Waals surface area (Å²) in [7, 11) is 0. The third-order valence-corrected chi connectivity index (χ3v) is 4.93. The molecule has 1 heterocycles. The van der Waals surface area contributed by atoms with E-state index in [9.17, 15) is 4.79 Å². The summed E-state index contributed by atoms with van der Waals surface area (Å²) in [5.41, 5.74) is 2.70. The fourth-order valence-corrected chi connectivity index (χ4v) is 3.55. The first-order valence-electron chi connectivity index (χ1n) is 7.72. The van der Waals surface area contributed by atoms with E-state index in [1.807, 2.05) is 41.2 Å². The standard InChI is InChI=1S/C18H17Cl2N3OS/c1-25-11-17-22-15-4-2-3-5-16(15)23(17)10-18(24)21-9-12-6-7-13(19)8-14(12)20/h2-8H,9-11H2,1H3,(H,21,24). The van der Waals surface area contributed by atoms with Gasteiger partial charge in [-0.25, -0.2) is 4.98 Å². The molecule has 130 valence electrons. The highest BCUT2D eigenvalue weighted by atomic mass is 35.5. The lowest BCUT2D eigenvalue weighted by Gasteiger charge is -2.10. The smallest absolute Gasteiger partial charge is 0.240 e. The number of nitrogens with one attached hydrogen (secondary N) is 1. The van der Waals surface area contributed by atoms with E-state index in [0.29, 0.717) is 16.6 Å².